The van der Waals surface area contributed by atoms with Crippen LogP contribution < -0.4 is 0 Å². The first-order valence-corrected chi connectivity index (χ1v) is 7.92. The third-order valence-electron chi connectivity index (χ3n) is 2.42. The summed E-state index contributed by atoms with van der Waals surface area (Å²) in [6, 6.07) is 0. The van der Waals surface area contributed by atoms with Gasteiger partial charge in [-0.2, -0.15) is 0 Å². The zero-order valence-corrected chi connectivity index (χ0v) is 10.7. The van der Waals surface area contributed by atoms with E-state index in [9.17, 15) is 0 Å². The van der Waals surface area contributed by atoms with Gasteiger partial charge in [0.2, 0.25) is 0 Å². The lowest BCUT2D eigenvalue weighted by molar-refractivity contribution is 1.53. The fourth-order valence-electron chi connectivity index (χ4n) is 1.55. The molecule has 0 bridgehead atoms. The molecule has 0 aromatic carbocycles. The molecule has 1 aliphatic heterocycles. The van der Waals surface area contributed by atoms with Crippen molar-refractivity contribution in [3.8, 4) is 0 Å². The zero-order chi connectivity index (χ0) is 11.9. The highest BCUT2D eigenvalue weighted by atomic mass is 31.2. The molecule has 1 aliphatic rings. The molecule has 84 valence electrons. The minimum Gasteiger partial charge on any atom is -0.0991 e. The predicted octanol–water partition coefficient (Wildman–Crippen LogP) is 4.37. The molecule has 1 unspecified atom stereocenters. The van der Waals surface area contributed by atoms with Crippen LogP contribution in [0.25, 0.3) is 0 Å². The highest BCUT2D eigenvalue weighted by Gasteiger charge is 2.08. The van der Waals surface area contributed by atoms with Crippen LogP contribution in [0.15, 0.2) is 73.2 Å². The van der Waals surface area contributed by atoms with Crippen molar-refractivity contribution in [2.45, 2.75) is 0 Å². The quantitative estimate of drug-likeness (QED) is 0.486. The molecular formula is C15H19P. The summed E-state index contributed by atoms with van der Waals surface area (Å²) in [6.07, 6.45) is 17.2. The average molecular weight is 230 g/mol. The third-order valence-corrected chi connectivity index (χ3v) is 5.17. The van der Waals surface area contributed by atoms with Crippen molar-refractivity contribution in [1.29, 1.82) is 0 Å². The monoisotopic (exact) mass is 230 g/mol. The SMILES string of the molecule is C=C/C=C\C=C(/C=C)CP1(C)=CC=CC=C1. The first-order chi connectivity index (χ1) is 7.70. The van der Waals surface area contributed by atoms with Crippen LogP contribution in [-0.4, -0.2) is 18.6 Å². The second-order valence-electron chi connectivity index (χ2n) is 3.95. The topological polar surface area (TPSA) is 0 Å². The molecule has 0 saturated carbocycles. The Morgan fingerprint density at radius 1 is 1.19 bits per heavy atom. The molecule has 0 saturated heterocycles. The summed E-state index contributed by atoms with van der Waals surface area (Å²) in [5, 5.41) is 0. The summed E-state index contributed by atoms with van der Waals surface area (Å²) in [6.45, 7) is 8.78. The van der Waals surface area contributed by atoms with Crippen molar-refractivity contribution in [1.82, 2.24) is 0 Å². The van der Waals surface area contributed by atoms with E-state index in [-0.39, 0.29) is 0 Å². The van der Waals surface area contributed by atoms with Crippen LogP contribution in [0.3, 0.4) is 0 Å². The van der Waals surface area contributed by atoms with E-state index in [0.29, 0.717) is 0 Å². The Kier molecular flexibility index (Phi) is 5.08. The predicted molar refractivity (Wildman–Crippen MR) is 79.7 cm³/mol. The van der Waals surface area contributed by atoms with E-state index in [1.807, 2.05) is 18.2 Å². The Bertz CT molecular complexity index is 428. The van der Waals surface area contributed by atoms with Crippen molar-refractivity contribution in [3.05, 3.63) is 73.2 Å². The minimum atomic E-state index is -1.08. The van der Waals surface area contributed by atoms with Crippen LogP contribution >= 0.6 is 6.89 Å². The van der Waals surface area contributed by atoms with Crippen LogP contribution in [0, 0.1) is 0 Å². The van der Waals surface area contributed by atoms with Gasteiger partial charge in [-0.25, -0.2) is 0 Å². The molecule has 1 atom stereocenters. The zero-order valence-electron chi connectivity index (χ0n) is 9.84. The summed E-state index contributed by atoms with van der Waals surface area (Å²) in [7, 11) is 0. The second-order valence-corrected chi connectivity index (χ2v) is 7.55. The Labute approximate surface area is 99.0 Å². The van der Waals surface area contributed by atoms with Crippen LogP contribution in [0.4, 0.5) is 0 Å². The number of hydrogen-bond donors (Lipinski definition) is 0. The molecule has 0 nitrogen and oxygen atoms in total. The molecule has 0 fully saturated rings. The molecule has 0 aromatic heterocycles. The van der Waals surface area contributed by atoms with Gasteiger partial charge in [-0.1, -0.05) is 80.3 Å². The van der Waals surface area contributed by atoms with Gasteiger partial charge >= 0.3 is 0 Å². The highest BCUT2D eigenvalue weighted by molar-refractivity contribution is 7.77. The lowest BCUT2D eigenvalue weighted by atomic mass is 10.2. The third kappa shape index (κ3) is 4.08. The van der Waals surface area contributed by atoms with Gasteiger partial charge in [0.15, 0.2) is 0 Å². The van der Waals surface area contributed by atoms with Gasteiger partial charge in [-0.05, 0) is 18.4 Å². The van der Waals surface area contributed by atoms with Gasteiger partial charge in [0.25, 0.3) is 0 Å². The molecule has 0 radical (unpaired) electrons. The van der Waals surface area contributed by atoms with E-state index >= 15 is 0 Å². The van der Waals surface area contributed by atoms with Gasteiger partial charge in [-0.15, -0.1) is 0 Å². The Morgan fingerprint density at radius 2 is 2.00 bits per heavy atom. The van der Waals surface area contributed by atoms with Crippen molar-refractivity contribution in [2.75, 3.05) is 12.8 Å². The maximum absolute atomic E-state index is 3.87. The van der Waals surface area contributed by atoms with Crippen LogP contribution in [0.1, 0.15) is 0 Å². The Balaban J connectivity index is 2.82. The maximum atomic E-state index is 3.87. The molecule has 16 heavy (non-hydrogen) atoms. The molecule has 0 aromatic rings. The minimum absolute atomic E-state index is 1.08. The Hall–Kier alpha value is -1.26. The maximum Gasteiger partial charge on any atom is -0.00447 e. The van der Waals surface area contributed by atoms with Gasteiger partial charge in [0.05, 0.1) is 0 Å². The second kappa shape index (κ2) is 6.35. The van der Waals surface area contributed by atoms with E-state index < -0.39 is 6.89 Å². The summed E-state index contributed by atoms with van der Waals surface area (Å²) in [4.78, 5) is 0. The first kappa shape index (κ1) is 12.8. The standard InChI is InChI=1S/C15H19P/c1-4-6-8-11-15(5-2)14-16(3)12-9-7-10-13-16/h4-13H,1-2,14H2,3H3/b8-6-,15-11+. The largest absolute Gasteiger partial charge is 0.0991 e. The van der Waals surface area contributed by atoms with Crippen molar-refractivity contribution < 1.29 is 0 Å². The summed E-state index contributed by atoms with van der Waals surface area (Å²) in [5.41, 5.74) is 1.28. The summed E-state index contributed by atoms with van der Waals surface area (Å²) < 4.78 is 0. The normalized spacial score (nSPS) is 24.4. The number of rotatable bonds is 5. The lowest BCUT2D eigenvalue weighted by Crippen LogP contribution is -1.93. The van der Waals surface area contributed by atoms with Gasteiger partial charge in [0.1, 0.15) is 0 Å². The molecule has 1 heterocycles. The lowest BCUT2D eigenvalue weighted by Gasteiger charge is -2.18. The van der Waals surface area contributed by atoms with Crippen molar-refractivity contribution in [3.63, 3.8) is 0 Å². The summed E-state index contributed by atoms with van der Waals surface area (Å²) >= 11 is 0. The van der Waals surface area contributed by atoms with Crippen LogP contribution in [0.2, 0.25) is 0 Å². The fraction of sp³-hybridized carbons (Fsp3) is 0.133. The highest BCUT2D eigenvalue weighted by Crippen LogP contribution is 2.47. The van der Waals surface area contributed by atoms with Gasteiger partial charge < -0.3 is 0 Å². The van der Waals surface area contributed by atoms with E-state index in [1.165, 1.54) is 5.57 Å². The molecule has 0 amide bonds. The van der Waals surface area contributed by atoms with E-state index in [1.54, 1.807) is 6.08 Å². The van der Waals surface area contributed by atoms with Gasteiger partial charge in [-0.3, -0.25) is 0 Å². The van der Waals surface area contributed by atoms with Crippen molar-refractivity contribution >= 4 is 12.7 Å². The van der Waals surface area contributed by atoms with Gasteiger partial charge in [0, 0.05) is 0 Å². The molecular weight excluding hydrogens is 211 g/mol. The van der Waals surface area contributed by atoms with E-state index in [4.69, 9.17) is 0 Å². The number of hydrogen-bond acceptors (Lipinski definition) is 0. The molecule has 0 N–H and O–H groups in total. The molecule has 0 spiro atoms. The average Bonchev–Trinajstić information content (AvgIpc) is 2.29. The van der Waals surface area contributed by atoms with Crippen molar-refractivity contribution in [2.24, 2.45) is 0 Å². The molecule has 1 rings (SSSR count). The van der Waals surface area contributed by atoms with Crippen LogP contribution in [-0.2, 0) is 0 Å². The summed E-state index contributed by atoms with van der Waals surface area (Å²) in [5.74, 6) is 4.67. The number of allylic oxidation sites excluding steroid dienone is 9. The van der Waals surface area contributed by atoms with E-state index in [2.05, 4.69) is 55.7 Å². The Morgan fingerprint density at radius 3 is 2.56 bits per heavy atom. The fourth-order valence-corrected chi connectivity index (χ4v) is 3.86. The first-order valence-electron chi connectivity index (χ1n) is 5.36. The molecule has 1 heteroatoms. The van der Waals surface area contributed by atoms with Crippen LogP contribution in [0.5, 0.6) is 0 Å². The smallest absolute Gasteiger partial charge is 0.00447 e. The molecule has 0 aliphatic carbocycles. The van der Waals surface area contributed by atoms with E-state index in [0.717, 1.165) is 6.16 Å².